The number of rotatable bonds is 11. The van der Waals surface area contributed by atoms with E-state index in [4.69, 9.17) is 40.1 Å². The number of carbonyl (C=O) groups excluding carboxylic acids is 3. The number of aromatic nitrogens is 4. The van der Waals surface area contributed by atoms with E-state index in [1.807, 2.05) is 105 Å². The number of carbonyl (C=O) groups is 3. The molecule has 0 aliphatic rings. The minimum absolute atomic E-state index is 0.0778. The maximum absolute atomic E-state index is 11.7. The molecule has 61 heavy (non-hydrogen) atoms. The van der Waals surface area contributed by atoms with Crippen molar-refractivity contribution in [1.82, 2.24) is 36.2 Å². The van der Waals surface area contributed by atoms with Crippen LogP contribution < -0.4 is 31.9 Å². The predicted molar refractivity (Wildman–Crippen MR) is 246 cm³/mol. The first kappa shape index (κ1) is 49.2. The first-order chi connectivity index (χ1) is 29.1. The number of halogens is 4. The van der Waals surface area contributed by atoms with Crippen molar-refractivity contribution < 1.29 is 14.4 Å². The van der Waals surface area contributed by atoms with E-state index in [2.05, 4.69) is 62.8 Å². The van der Waals surface area contributed by atoms with E-state index in [-0.39, 0.29) is 17.1 Å². The number of nitriles is 1. The highest BCUT2D eigenvalue weighted by Crippen LogP contribution is 2.23. The fraction of sp³-hybridized carbons (Fsp3) is 0.163. The van der Waals surface area contributed by atoms with Gasteiger partial charge in [0.1, 0.15) is 17.7 Å². The quantitative estimate of drug-likeness (QED) is 0.0470. The molecule has 0 atom stereocenters. The molecule has 2 amide bonds. The number of hydrogen-bond acceptors (Lipinski definition) is 12. The summed E-state index contributed by atoms with van der Waals surface area (Å²) < 4.78 is 0.942. The van der Waals surface area contributed by atoms with Crippen LogP contribution in [0.15, 0.2) is 120 Å². The Morgan fingerprint density at radius 2 is 1.20 bits per heavy atom. The molecule has 6 aromatic rings. The van der Waals surface area contributed by atoms with Gasteiger partial charge in [-0.25, -0.2) is 25.4 Å². The Hall–Kier alpha value is -6.15. The number of hydrogen-bond donors (Lipinski definition) is 5. The van der Waals surface area contributed by atoms with Crippen molar-refractivity contribution in [3.63, 3.8) is 0 Å². The highest BCUT2D eigenvalue weighted by Gasteiger charge is 2.15. The van der Waals surface area contributed by atoms with Gasteiger partial charge in [0.25, 0.3) is 0 Å². The summed E-state index contributed by atoms with van der Waals surface area (Å²) in [5, 5.41) is 17.1. The Balaban J connectivity index is 0.000000253. The van der Waals surface area contributed by atoms with Gasteiger partial charge in [-0.3, -0.25) is 25.2 Å². The minimum Gasteiger partial charge on any atom is -0.340 e. The number of hydrazine groups is 2. The van der Waals surface area contributed by atoms with Crippen molar-refractivity contribution in [2.75, 3.05) is 15.6 Å². The van der Waals surface area contributed by atoms with Crippen molar-refractivity contribution >= 4 is 97.3 Å². The van der Waals surface area contributed by atoms with Gasteiger partial charge < -0.3 is 10.6 Å². The van der Waals surface area contributed by atoms with Crippen molar-refractivity contribution in [2.45, 2.75) is 47.7 Å². The van der Waals surface area contributed by atoms with Crippen molar-refractivity contribution in [3.05, 3.63) is 158 Å². The van der Waals surface area contributed by atoms with Crippen LogP contribution >= 0.6 is 50.7 Å². The van der Waals surface area contributed by atoms with Crippen LogP contribution in [-0.2, 0) is 27.5 Å². The first-order valence-corrected chi connectivity index (χ1v) is 20.2. The predicted octanol–water partition coefficient (Wildman–Crippen LogP) is 9.76. The molecule has 2 heterocycles. The number of benzene rings is 4. The summed E-state index contributed by atoms with van der Waals surface area (Å²) in [5.74, 6) is 0.954. The van der Waals surface area contributed by atoms with Gasteiger partial charge in [0.15, 0.2) is 0 Å². The molecule has 0 aliphatic heterocycles. The Morgan fingerprint density at radius 3 is 1.69 bits per heavy atom. The van der Waals surface area contributed by atoms with Gasteiger partial charge in [0, 0.05) is 76.7 Å². The average Bonchev–Trinajstić information content (AvgIpc) is 3.20. The summed E-state index contributed by atoms with van der Waals surface area (Å²) in [5.41, 5.74) is 13.6. The second-order valence-electron chi connectivity index (χ2n) is 12.7. The SMILES string of the molecule is CC(=O)C#N.CC(=O)NN(Cc1ccccc1Br)c1nc(C)cc(Nc2ccc(Cl)cc2)n1.CC(=O)NNCc1ccccc1.Cc1cc(Nc2ccc(Cl)cc2)nc(Cl)n1. The number of amides is 2. The van der Waals surface area contributed by atoms with Crippen LogP contribution in [0, 0.1) is 25.2 Å². The van der Waals surface area contributed by atoms with Crippen LogP contribution in [0.5, 0.6) is 0 Å². The second-order valence-corrected chi connectivity index (χ2v) is 14.7. The number of anilines is 5. The van der Waals surface area contributed by atoms with E-state index in [0.29, 0.717) is 40.7 Å². The number of nitrogens with one attached hydrogen (secondary N) is 5. The monoisotopic (exact) mass is 945 g/mol. The molecule has 4 aromatic carbocycles. The van der Waals surface area contributed by atoms with E-state index in [0.717, 1.165) is 38.4 Å². The number of nitrogens with zero attached hydrogens (tertiary/aromatic N) is 6. The Morgan fingerprint density at radius 1 is 0.689 bits per heavy atom. The standard InChI is InChI=1S/C20H19BrClN5O.C11H9Cl2N3.C9H12N2O.C3H3NO/c1-13-11-19(24-17-9-7-16(22)8-10-17)25-20(23-13)27(26-14(2)28)12-15-5-3-4-6-18(15)21;1-7-6-10(16-11(13)14-7)15-9-4-2-8(12)3-5-9;1-8(12)11-10-7-9-5-3-2-4-6-9;1-3(5)2-4/h3-11H,12H2,1-2H3,(H,26,28)(H,23,24,25);2-6H,1H3,(H,14,15,16);2-6,10H,7H2,1H3,(H,11,12);1H3. The molecule has 0 aliphatic carbocycles. The molecule has 0 spiro atoms. The third kappa shape index (κ3) is 20.1. The molecule has 0 fully saturated rings. The number of aryl methyl sites for hydroxylation is 2. The molecule has 0 saturated carbocycles. The van der Waals surface area contributed by atoms with E-state index >= 15 is 0 Å². The van der Waals surface area contributed by atoms with Gasteiger partial charge in [-0.15, -0.1) is 0 Å². The first-order valence-electron chi connectivity index (χ1n) is 18.2. The number of ketones is 1. The Bertz CT molecular complexity index is 2370. The van der Waals surface area contributed by atoms with E-state index < -0.39 is 5.78 Å². The van der Waals surface area contributed by atoms with Gasteiger partial charge in [0.2, 0.25) is 28.8 Å². The summed E-state index contributed by atoms with van der Waals surface area (Å²) >= 11 is 21.0. The molecule has 18 heteroatoms. The summed E-state index contributed by atoms with van der Waals surface area (Å²) in [7, 11) is 0. The lowest BCUT2D eigenvalue weighted by atomic mass is 10.2. The molecule has 5 N–H and O–H groups in total. The summed E-state index contributed by atoms with van der Waals surface area (Å²) in [6, 6.07) is 37.4. The van der Waals surface area contributed by atoms with Gasteiger partial charge in [-0.1, -0.05) is 87.7 Å². The van der Waals surface area contributed by atoms with Crippen LogP contribution in [0.3, 0.4) is 0 Å². The van der Waals surface area contributed by atoms with Crippen molar-refractivity contribution in [2.24, 2.45) is 0 Å². The Labute approximate surface area is 378 Å². The maximum atomic E-state index is 11.7. The zero-order chi connectivity index (χ0) is 44.7. The van der Waals surface area contributed by atoms with E-state index in [1.54, 1.807) is 29.3 Å². The van der Waals surface area contributed by atoms with Crippen LogP contribution in [0.4, 0.5) is 29.0 Å². The van der Waals surface area contributed by atoms with Crippen LogP contribution in [-0.4, -0.2) is 37.5 Å². The largest absolute Gasteiger partial charge is 0.340 e. The smallest absolute Gasteiger partial charge is 0.246 e. The summed E-state index contributed by atoms with van der Waals surface area (Å²) in [6.07, 6.45) is 0. The summed E-state index contributed by atoms with van der Waals surface area (Å²) in [4.78, 5) is 48.8. The maximum Gasteiger partial charge on any atom is 0.246 e. The fourth-order valence-electron chi connectivity index (χ4n) is 4.71. The third-order valence-corrected chi connectivity index (χ3v) is 8.73. The molecule has 14 nitrogen and oxygen atoms in total. The fourth-order valence-corrected chi connectivity index (χ4v) is 5.60. The Kier molecular flexibility index (Phi) is 21.1. The highest BCUT2D eigenvalue weighted by atomic mass is 79.9. The number of Topliss-reactive ketones (excluding diaryl/α,β-unsaturated/α-hetero) is 1. The molecule has 0 unspecified atom stereocenters. The van der Waals surface area contributed by atoms with Crippen molar-refractivity contribution in [3.8, 4) is 6.07 Å². The van der Waals surface area contributed by atoms with Gasteiger partial charge in [0.05, 0.1) is 6.54 Å². The molecular weight excluding hydrogens is 905 g/mol. The molecule has 0 saturated heterocycles. The third-order valence-electron chi connectivity index (χ3n) is 7.28. The normalized spacial score (nSPS) is 9.77. The van der Waals surface area contributed by atoms with E-state index in [1.165, 1.54) is 26.8 Å². The van der Waals surface area contributed by atoms with Crippen LogP contribution in [0.25, 0.3) is 0 Å². The average molecular weight is 948 g/mol. The zero-order valence-corrected chi connectivity index (χ0v) is 37.7. The topological polar surface area (TPSA) is 190 Å². The lowest BCUT2D eigenvalue weighted by molar-refractivity contribution is -0.120. The van der Waals surface area contributed by atoms with Crippen molar-refractivity contribution in [1.29, 1.82) is 5.26 Å². The molecule has 0 bridgehead atoms. The summed E-state index contributed by atoms with van der Waals surface area (Å²) in [6.45, 7) is 8.95. The van der Waals surface area contributed by atoms with Crippen LogP contribution in [0.1, 0.15) is 43.3 Å². The molecule has 316 valence electrons. The van der Waals surface area contributed by atoms with E-state index in [9.17, 15) is 14.4 Å². The van der Waals surface area contributed by atoms with Gasteiger partial charge >= 0.3 is 0 Å². The minimum atomic E-state index is -0.440. The lowest BCUT2D eigenvalue weighted by Crippen LogP contribution is -2.42. The van der Waals surface area contributed by atoms with Crippen LogP contribution in [0.2, 0.25) is 15.3 Å². The molecule has 0 radical (unpaired) electrons. The molecular formula is C43H43BrCl3N11O3. The zero-order valence-electron chi connectivity index (χ0n) is 33.8. The van der Waals surface area contributed by atoms with Gasteiger partial charge in [-0.2, -0.15) is 10.2 Å². The molecule has 6 rings (SSSR count). The highest BCUT2D eigenvalue weighted by molar-refractivity contribution is 9.10. The second kappa shape index (κ2) is 26.1. The van der Waals surface area contributed by atoms with Gasteiger partial charge in [-0.05, 0) is 91.2 Å². The lowest BCUT2D eigenvalue weighted by Gasteiger charge is -2.24. The molecule has 2 aromatic heterocycles.